The maximum Gasteiger partial charge on any atom is 0.0897 e. The predicted octanol–water partition coefficient (Wildman–Crippen LogP) is 2.35. The van der Waals surface area contributed by atoms with Gasteiger partial charge >= 0.3 is 0 Å². The maximum absolute atomic E-state index is 9.89. The molecule has 4 nitrogen and oxygen atoms in total. The summed E-state index contributed by atoms with van der Waals surface area (Å²) in [6.45, 7) is 9.74. The Labute approximate surface area is 124 Å². The van der Waals surface area contributed by atoms with Crippen molar-refractivity contribution in [3.05, 3.63) is 0 Å². The van der Waals surface area contributed by atoms with Crippen molar-refractivity contribution in [1.29, 1.82) is 0 Å². The number of ether oxygens (including phenoxy) is 2. The van der Waals surface area contributed by atoms with E-state index in [1.54, 1.807) is 0 Å². The van der Waals surface area contributed by atoms with Crippen LogP contribution in [0.3, 0.4) is 0 Å². The van der Waals surface area contributed by atoms with Gasteiger partial charge in [0.25, 0.3) is 0 Å². The number of unbranched alkanes of at least 4 members (excludes halogenated alkanes) is 1. The molecule has 2 N–H and O–H groups in total. The SMILES string of the molecule is CCCCOCCOCC(O)CNC1CCCC1(C)C. The molecule has 0 aromatic rings. The Morgan fingerprint density at radius 1 is 1.25 bits per heavy atom. The van der Waals surface area contributed by atoms with Crippen molar-refractivity contribution in [2.45, 2.75) is 65.0 Å². The summed E-state index contributed by atoms with van der Waals surface area (Å²) in [6, 6.07) is 0.523. The van der Waals surface area contributed by atoms with E-state index in [0.29, 0.717) is 37.8 Å². The lowest BCUT2D eigenvalue weighted by Crippen LogP contribution is -2.42. The minimum atomic E-state index is -0.429. The molecule has 0 aromatic carbocycles. The first-order valence-corrected chi connectivity index (χ1v) is 8.13. The summed E-state index contributed by atoms with van der Waals surface area (Å²) < 4.78 is 10.8. The highest BCUT2D eigenvalue weighted by Crippen LogP contribution is 2.36. The van der Waals surface area contributed by atoms with Gasteiger partial charge in [-0.15, -0.1) is 0 Å². The van der Waals surface area contributed by atoms with Crippen LogP contribution < -0.4 is 5.32 Å². The topological polar surface area (TPSA) is 50.7 Å². The van der Waals surface area contributed by atoms with Gasteiger partial charge in [0.05, 0.1) is 25.9 Å². The molecule has 0 aliphatic heterocycles. The van der Waals surface area contributed by atoms with E-state index in [9.17, 15) is 5.11 Å². The van der Waals surface area contributed by atoms with Crippen LogP contribution in [-0.4, -0.2) is 50.2 Å². The van der Waals surface area contributed by atoms with Gasteiger partial charge in [-0.25, -0.2) is 0 Å². The fourth-order valence-electron chi connectivity index (χ4n) is 2.73. The van der Waals surface area contributed by atoms with Crippen LogP contribution in [0.4, 0.5) is 0 Å². The summed E-state index contributed by atoms with van der Waals surface area (Å²) >= 11 is 0. The van der Waals surface area contributed by atoms with Gasteiger partial charge in [-0.2, -0.15) is 0 Å². The molecule has 0 saturated heterocycles. The lowest BCUT2D eigenvalue weighted by Gasteiger charge is -2.28. The summed E-state index contributed by atoms with van der Waals surface area (Å²) in [4.78, 5) is 0. The minimum absolute atomic E-state index is 0.355. The maximum atomic E-state index is 9.89. The molecule has 2 atom stereocenters. The first kappa shape index (κ1) is 17.9. The second kappa shape index (κ2) is 9.72. The fourth-order valence-corrected chi connectivity index (χ4v) is 2.73. The molecule has 4 heteroatoms. The van der Waals surface area contributed by atoms with Crippen LogP contribution in [-0.2, 0) is 9.47 Å². The molecule has 0 heterocycles. The van der Waals surface area contributed by atoms with Crippen molar-refractivity contribution < 1.29 is 14.6 Å². The average Bonchev–Trinajstić information content (AvgIpc) is 2.74. The summed E-state index contributed by atoms with van der Waals surface area (Å²) in [7, 11) is 0. The summed E-state index contributed by atoms with van der Waals surface area (Å²) in [5.74, 6) is 0. The number of aliphatic hydroxyl groups excluding tert-OH is 1. The van der Waals surface area contributed by atoms with E-state index in [1.165, 1.54) is 19.3 Å². The lowest BCUT2D eigenvalue weighted by molar-refractivity contribution is 0.00233. The molecule has 1 fully saturated rings. The highest BCUT2D eigenvalue weighted by molar-refractivity contribution is 4.90. The van der Waals surface area contributed by atoms with Crippen LogP contribution in [0.15, 0.2) is 0 Å². The Kier molecular flexibility index (Phi) is 8.69. The van der Waals surface area contributed by atoms with E-state index in [1.807, 2.05) is 0 Å². The van der Waals surface area contributed by atoms with Gasteiger partial charge in [0, 0.05) is 19.2 Å². The van der Waals surface area contributed by atoms with Crippen molar-refractivity contribution in [3.8, 4) is 0 Å². The second-order valence-corrected chi connectivity index (χ2v) is 6.54. The summed E-state index contributed by atoms with van der Waals surface area (Å²) in [6.07, 6.45) is 5.60. The van der Waals surface area contributed by atoms with Crippen LogP contribution >= 0.6 is 0 Å². The van der Waals surface area contributed by atoms with Gasteiger partial charge in [0.15, 0.2) is 0 Å². The second-order valence-electron chi connectivity index (χ2n) is 6.54. The molecular weight excluding hydrogens is 254 g/mol. The van der Waals surface area contributed by atoms with Crippen LogP contribution in [0, 0.1) is 5.41 Å². The van der Waals surface area contributed by atoms with Gasteiger partial charge in [-0.3, -0.25) is 0 Å². The van der Waals surface area contributed by atoms with Gasteiger partial charge in [0.1, 0.15) is 0 Å². The molecule has 0 radical (unpaired) electrons. The smallest absolute Gasteiger partial charge is 0.0897 e. The number of rotatable bonds is 11. The Morgan fingerprint density at radius 3 is 2.65 bits per heavy atom. The molecular formula is C16H33NO3. The van der Waals surface area contributed by atoms with Crippen molar-refractivity contribution >= 4 is 0 Å². The van der Waals surface area contributed by atoms with E-state index >= 15 is 0 Å². The average molecular weight is 287 g/mol. The zero-order valence-corrected chi connectivity index (χ0v) is 13.5. The van der Waals surface area contributed by atoms with Crippen molar-refractivity contribution in [3.63, 3.8) is 0 Å². The monoisotopic (exact) mass is 287 g/mol. The first-order chi connectivity index (χ1) is 9.56. The Bertz CT molecular complexity index is 246. The number of nitrogens with one attached hydrogen (secondary N) is 1. The van der Waals surface area contributed by atoms with E-state index in [-0.39, 0.29) is 0 Å². The number of hydrogen-bond acceptors (Lipinski definition) is 4. The van der Waals surface area contributed by atoms with Crippen molar-refractivity contribution in [2.75, 3.05) is 33.0 Å². The highest BCUT2D eigenvalue weighted by atomic mass is 16.5. The standard InChI is InChI=1S/C16H33NO3/c1-4-5-9-19-10-11-20-13-14(18)12-17-15-7-6-8-16(15,2)3/h14-15,17-18H,4-13H2,1-3H3. The van der Waals surface area contributed by atoms with Crippen LogP contribution in [0.5, 0.6) is 0 Å². The zero-order chi connectivity index (χ0) is 14.8. The highest BCUT2D eigenvalue weighted by Gasteiger charge is 2.34. The Hall–Kier alpha value is -0.160. The van der Waals surface area contributed by atoms with Crippen LogP contribution in [0.1, 0.15) is 52.9 Å². The molecule has 0 aromatic heterocycles. The summed E-state index contributed by atoms with van der Waals surface area (Å²) in [5.41, 5.74) is 0.355. The molecule has 0 bridgehead atoms. The molecule has 0 amide bonds. The minimum Gasteiger partial charge on any atom is -0.389 e. The molecule has 0 spiro atoms. The van der Waals surface area contributed by atoms with Gasteiger partial charge in [-0.05, 0) is 24.7 Å². The van der Waals surface area contributed by atoms with E-state index in [0.717, 1.165) is 19.4 Å². The van der Waals surface area contributed by atoms with Gasteiger partial charge in [-0.1, -0.05) is 33.6 Å². The zero-order valence-electron chi connectivity index (χ0n) is 13.5. The quantitative estimate of drug-likeness (QED) is 0.573. The van der Waals surface area contributed by atoms with Crippen LogP contribution in [0.25, 0.3) is 0 Å². The van der Waals surface area contributed by atoms with Crippen molar-refractivity contribution in [1.82, 2.24) is 5.32 Å². The van der Waals surface area contributed by atoms with Crippen LogP contribution in [0.2, 0.25) is 0 Å². The van der Waals surface area contributed by atoms with Crippen molar-refractivity contribution in [2.24, 2.45) is 5.41 Å². The predicted molar refractivity (Wildman–Crippen MR) is 82.0 cm³/mol. The van der Waals surface area contributed by atoms with Gasteiger partial charge < -0.3 is 19.9 Å². The third kappa shape index (κ3) is 7.02. The van der Waals surface area contributed by atoms with E-state index in [4.69, 9.17) is 9.47 Å². The number of hydrogen-bond donors (Lipinski definition) is 2. The molecule has 20 heavy (non-hydrogen) atoms. The van der Waals surface area contributed by atoms with E-state index in [2.05, 4.69) is 26.1 Å². The van der Waals surface area contributed by atoms with Gasteiger partial charge in [0.2, 0.25) is 0 Å². The third-order valence-electron chi connectivity index (χ3n) is 4.18. The molecule has 2 unspecified atom stereocenters. The Morgan fingerprint density at radius 2 is 2.00 bits per heavy atom. The van der Waals surface area contributed by atoms with E-state index < -0.39 is 6.10 Å². The lowest BCUT2D eigenvalue weighted by atomic mass is 9.87. The summed E-state index contributed by atoms with van der Waals surface area (Å²) in [5, 5.41) is 13.4. The first-order valence-electron chi connectivity index (χ1n) is 8.13. The molecule has 1 aliphatic carbocycles. The molecule has 120 valence electrons. The molecule has 1 saturated carbocycles. The third-order valence-corrected chi connectivity index (χ3v) is 4.18. The normalized spacial score (nSPS) is 23.1. The molecule has 1 rings (SSSR count). The molecule has 1 aliphatic rings. The number of aliphatic hydroxyl groups is 1. The fraction of sp³-hybridized carbons (Fsp3) is 1.00. The Balaban J connectivity index is 1.96. The largest absolute Gasteiger partial charge is 0.389 e.